The lowest BCUT2D eigenvalue weighted by Gasteiger charge is -2.10. The summed E-state index contributed by atoms with van der Waals surface area (Å²) < 4.78 is 11.2. The van der Waals surface area contributed by atoms with E-state index in [1.165, 1.54) is 53.6 Å². The molecule has 2 nitrogen and oxygen atoms in total. The monoisotopic (exact) mass is 541 g/mol. The molecule has 0 aliphatic carbocycles. The Morgan fingerprint density at radius 3 is 2.10 bits per heavy atom. The fourth-order valence-electron chi connectivity index (χ4n) is 6.34. The number of hydrogen-bond donors (Lipinski definition) is 0. The minimum absolute atomic E-state index is 0.923. The van der Waals surface area contributed by atoms with Gasteiger partial charge in [-0.25, -0.2) is 0 Å². The highest BCUT2D eigenvalue weighted by molar-refractivity contribution is 7.26. The molecule has 192 valence electrons. The molecule has 3 heteroatoms. The molecule has 3 heterocycles. The molecule has 6 aromatic carbocycles. The summed E-state index contributed by atoms with van der Waals surface area (Å²) in [6, 6.07) is 49.9. The molecule has 0 atom stereocenters. The Hall–Kier alpha value is -5.12. The van der Waals surface area contributed by atoms with Crippen LogP contribution in [0.15, 0.2) is 144 Å². The number of fused-ring (bicyclic) bond motifs is 8. The Morgan fingerprint density at radius 1 is 0.512 bits per heavy atom. The SMILES string of the molecule is c1ccc(-n2c3ccccc3c3sc4cccc(-c5ccc(-c6ccc7c(c6)oc6ccccc67)cc5)c4c32)cc1. The van der Waals surface area contributed by atoms with E-state index in [1.807, 2.05) is 23.5 Å². The quantitative estimate of drug-likeness (QED) is 0.217. The van der Waals surface area contributed by atoms with Crippen molar-refractivity contribution in [1.29, 1.82) is 0 Å². The standard InChI is InChI=1S/C38H23NOS/c1-2-9-27(10-3-1)39-32-14-6-4-12-31(32)38-37(39)36-28(13-8-16-35(36)41-38)25-19-17-24(18-20-25)26-21-22-30-29-11-5-7-15-33(29)40-34(30)23-26/h1-23H. The van der Waals surface area contributed by atoms with Crippen molar-refractivity contribution in [1.82, 2.24) is 4.57 Å². The summed E-state index contributed by atoms with van der Waals surface area (Å²) in [5, 5.41) is 4.93. The van der Waals surface area contributed by atoms with E-state index in [9.17, 15) is 0 Å². The summed E-state index contributed by atoms with van der Waals surface area (Å²) in [5.41, 5.74) is 10.4. The Bertz CT molecular complexity index is 2410. The van der Waals surface area contributed by atoms with Gasteiger partial charge in [0.1, 0.15) is 11.2 Å². The van der Waals surface area contributed by atoms with Crippen LogP contribution in [-0.2, 0) is 0 Å². The second-order valence-corrected chi connectivity index (χ2v) is 11.6. The minimum atomic E-state index is 0.923. The van der Waals surface area contributed by atoms with Crippen molar-refractivity contribution in [3.8, 4) is 27.9 Å². The van der Waals surface area contributed by atoms with Crippen LogP contribution in [0.1, 0.15) is 0 Å². The molecule has 0 radical (unpaired) electrons. The van der Waals surface area contributed by atoms with Crippen molar-refractivity contribution >= 4 is 64.5 Å². The number of nitrogens with zero attached hydrogens (tertiary/aromatic N) is 1. The van der Waals surface area contributed by atoms with Crippen molar-refractivity contribution in [2.45, 2.75) is 0 Å². The van der Waals surface area contributed by atoms with Gasteiger partial charge in [0.05, 0.1) is 15.7 Å². The van der Waals surface area contributed by atoms with Gasteiger partial charge in [0, 0.05) is 31.9 Å². The third-order valence-electron chi connectivity index (χ3n) is 8.23. The third-order valence-corrected chi connectivity index (χ3v) is 9.40. The zero-order valence-corrected chi connectivity index (χ0v) is 22.9. The van der Waals surface area contributed by atoms with Crippen LogP contribution in [0.3, 0.4) is 0 Å². The molecule has 0 saturated heterocycles. The van der Waals surface area contributed by atoms with Crippen LogP contribution < -0.4 is 0 Å². The van der Waals surface area contributed by atoms with Gasteiger partial charge in [-0.05, 0) is 64.7 Å². The smallest absolute Gasteiger partial charge is 0.136 e. The van der Waals surface area contributed by atoms with E-state index in [0.29, 0.717) is 0 Å². The molecule has 0 spiro atoms. The minimum Gasteiger partial charge on any atom is -0.456 e. The zero-order chi connectivity index (χ0) is 26.9. The molecule has 0 bridgehead atoms. The summed E-state index contributed by atoms with van der Waals surface area (Å²) >= 11 is 1.89. The second-order valence-electron chi connectivity index (χ2n) is 10.5. The van der Waals surface area contributed by atoms with Gasteiger partial charge < -0.3 is 8.98 Å². The lowest BCUT2D eigenvalue weighted by molar-refractivity contribution is 0.669. The highest BCUT2D eigenvalue weighted by Crippen LogP contribution is 2.46. The number of aromatic nitrogens is 1. The van der Waals surface area contributed by atoms with Crippen LogP contribution in [0.2, 0.25) is 0 Å². The number of furan rings is 1. The molecule has 0 unspecified atom stereocenters. The molecule has 0 saturated carbocycles. The fourth-order valence-corrected chi connectivity index (χ4v) is 7.59. The average Bonchev–Trinajstić information content (AvgIpc) is 3.70. The average molecular weight is 542 g/mol. The predicted octanol–water partition coefficient (Wildman–Crippen LogP) is 11.2. The van der Waals surface area contributed by atoms with Crippen molar-refractivity contribution in [2.75, 3.05) is 0 Å². The van der Waals surface area contributed by atoms with Crippen molar-refractivity contribution in [3.05, 3.63) is 140 Å². The second kappa shape index (κ2) is 8.69. The normalized spacial score (nSPS) is 11.9. The van der Waals surface area contributed by atoms with Crippen molar-refractivity contribution in [3.63, 3.8) is 0 Å². The molecule has 9 rings (SSSR count). The van der Waals surface area contributed by atoms with Gasteiger partial charge in [-0.3, -0.25) is 0 Å². The third kappa shape index (κ3) is 3.36. The van der Waals surface area contributed by atoms with Gasteiger partial charge >= 0.3 is 0 Å². The van der Waals surface area contributed by atoms with Gasteiger partial charge in [0.25, 0.3) is 0 Å². The molecule has 0 aliphatic rings. The Labute approximate surface area is 240 Å². The molecular formula is C38H23NOS. The van der Waals surface area contributed by atoms with Crippen LogP contribution in [0.25, 0.3) is 81.1 Å². The van der Waals surface area contributed by atoms with Gasteiger partial charge in [-0.2, -0.15) is 0 Å². The summed E-state index contributed by atoms with van der Waals surface area (Å²) in [7, 11) is 0. The highest BCUT2D eigenvalue weighted by atomic mass is 32.1. The van der Waals surface area contributed by atoms with E-state index in [2.05, 4.69) is 132 Å². The molecule has 0 fully saturated rings. The summed E-state index contributed by atoms with van der Waals surface area (Å²) in [6.07, 6.45) is 0. The van der Waals surface area contributed by atoms with E-state index in [4.69, 9.17) is 4.42 Å². The molecule has 3 aromatic heterocycles. The van der Waals surface area contributed by atoms with E-state index < -0.39 is 0 Å². The molecule has 41 heavy (non-hydrogen) atoms. The first-order chi connectivity index (χ1) is 20.3. The Kier molecular flexibility index (Phi) is 4.80. The van der Waals surface area contributed by atoms with Gasteiger partial charge in [-0.15, -0.1) is 11.3 Å². The molecular weight excluding hydrogens is 518 g/mol. The first kappa shape index (κ1) is 22.7. The van der Waals surface area contributed by atoms with Crippen molar-refractivity contribution < 1.29 is 4.42 Å². The van der Waals surface area contributed by atoms with Crippen LogP contribution in [0, 0.1) is 0 Å². The Morgan fingerprint density at radius 2 is 1.22 bits per heavy atom. The number of para-hydroxylation sites is 3. The zero-order valence-electron chi connectivity index (χ0n) is 22.0. The highest BCUT2D eigenvalue weighted by Gasteiger charge is 2.20. The lowest BCUT2D eigenvalue weighted by atomic mass is 9.97. The number of hydrogen-bond acceptors (Lipinski definition) is 2. The van der Waals surface area contributed by atoms with E-state index in [-0.39, 0.29) is 0 Å². The van der Waals surface area contributed by atoms with E-state index in [1.54, 1.807) is 0 Å². The fraction of sp³-hybridized carbons (Fsp3) is 0. The maximum atomic E-state index is 6.16. The lowest BCUT2D eigenvalue weighted by Crippen LogP contribution is -1.93. The maximum Gasteiger partial charge on any atom is 0.136 e. The Balaban J connectivity index is 1.22. The maximum absolute atomic E-state index is 6.16. The van der Waals surface area contributed by atoms with Gasteiger partial charge in [0.2, 0.25) is 0 Å². The molecule has 9 aromatic rings. The number of thiophene rings is 1. The van der Waals surface area contributed by atoms with Crippen LogP contribution >= 0.6 is 11.3 Å². The van der Waals surface area contributed by atoms with E-state index >= 15 is 0 Å². The summed E-state index contributed by atoms with van der Waals surface area (Å²) in [4.78, 5) is 0. The van der Waals surface area contributed by atoms with Crippen LogP contribution in [0.4, 0.5) is 0 Å². The summed E-state index contributed by atoms with van der Waals surface area (Å²) in [6.45, 7) is 0. The molecule has 0 amide bonds. The van der Waals surface area contributed by atoms with E-state index in [0.717, 1.165) is 27.5 Å². The first-order valence-corrected chi connectivity index (χ1v) is 14.7. The van der Waals surface area contributed by atoms with Gasteiger partial charge in [0.15, 0.2) is 0 Å². The molecule has 0 N–H and O–H groups in total. The van der Waals surface area contributed by atoms with Crippen LogP contribution in [-0.4, -0.2) is 4.57 Å². The molecule has 0 aliphatic heterocycles. The first-order valence-electron chi connectivity index (χ1n) is 13.9. The number of benzene rings is 6. The largest absolute Gasteiger partial charge is 0.456 e. The van der Waals surface area contributed by atoms with Crippen LogP contribution in [0.5, 0.6) is 0 Å². The number of rotatable bonds is 3. The van der Waals surface area contributed by atoms with Crippen molar-refractivity contribution in [2.24, 2.45) is 0 Å². The van der Waals surface area contributed by atoms with Gasteiger partial charge in [-0.1, -0.05) is 97.1 Å². The summed E-state index contributed by atoms with van der Waals surface area (Å²) in [5.74, 6) is 0. The predicted molar refractivity (Wildman–Crippen MR) is 174 cm³/mol. The topological polar surface area (TPSA) is 18.1 Å².